The largest absolute Gasteiger partial charge is 0.480 e. The number of aryl methyl sites for hydroxylation is 1. The van der Waals surface area contributed by atoms with Gasteiger partial charge in [0.05, 0.1) is 0 Å². The standard InChI is InChI=1S/C12H19N3O4/c1-12(2,3)11-14-9(19-15-11)6-4-5-8(16)13-7-10(17)18/h4-7H2,1-3H3,(H,13,16)(H,17,18). The van der Waals surface area contributed by atoms with Crippen molar-refractivity contribution in [3.63, 3.8) is 0 Å². The minimum atomic E-state index is -1.06. The third kappa shape index (κ3) is 5.50. The van der Waals surface area contributed by atoms with Crippen LogP contribution in [-0.2, 0) is 21.4 Å². The van der Waals surface area contributed by atoms with Crippen LogP contribution in [0.1, 0.15) is 45.3 Å². The van der Waals surface area contributed by atoms with Gasteiger partial charge in [-0.05, 0) is 6.42 Å². The van der Waals surface area contributed by atoms with Crippen molar-refractivity contribution in [1.82, 2.24) is 15.5 Å². The molecule has 0 bridgehead atoms. The molecule has 1 aromatic rings. The van der Waals surface area contributed by atoms with Crippen LogP contribution in [0.5, 0.6) is 0 Å². The van der Waals surface area contributed by atoms with Gasteiger partial charge in [-0.1, -0.05) is 25.9 Å². The summed E-state index contributed by atoms with van der Waals surface area (Å²) in [5.41, 5.74) is -0.166. The number of nitrogens with one attached hydrogen (secondary N) is 1. The zero-order valence-corrected chi connectivity index (χ0v) is 11.4. The molecule has 7 nitrogen and oxygen atoms in total. The highest BCUT2D eigenvalue weighted by molar-refractivity contribution is 5.80. The first-order chi connectivity index (χ1) is 8.79. The number of rotatable bonds is 6. The number of carboxylic acid groups (broad SMARTS) is 1. The van der Waals surface area contributed by atoms with E-state index in [0.717, 1.165) is 0 Å². The molecule has 0 saturated carbocycles. The van der Waals surface area contributed by atoms with Crippen LogP contribution in [-0.4, -0.2) is 33.7 Å². The Morgan fingerprint density at radius 2 is 2.05 bits per heavy atom. The first-order valence-corrected chi connectivity index (χ1v) is 6.10. The Kier molecular flexibility index (Phi) is 5.02. The number of carboxylic acids is 1. The molecule has 2 N–H and O–H groups in total. The average molecular weight is 269 g/mol. The Bertz CT molecular complexity index is 448. The predicted octanol–water partition coefficient (Wildman–Crippen LogP) is 0.891. The summed E-state index contributed by atoms with van der Waals surface area (Å²) < 4.78 is 5.08. The maximum Gasteiger partial charge on any atom is 0.322 e. The Balaban J connectivity index is 2.31. The normalized spacial score (nSPS) is 11.3. The molecule has 1 amide bonds. The Hall–Kier alpha value is -1.92. The van der Waals surface area contributed by atoms with Crippen LogP contribution in [0.2, 0.25) is 0 Å². The van der Waals surface area contributed by atoms with E-state index in [-0.39, 0.29) is 24.3 Å². The molecule has 0 spiro atoms. The summed E-state index contributed by atoms with van der Waals surface area (Å²) in [5.74, 6) is -0.216. The van der Waals surface area contributed by atoms with Gasteiger partial charge in [-0.25, -0.2) is 0 Å². The van der Waals surface area contributed by atoms with Gasteiger partial charge in [-0.3, -0.25) is 9.59 Å². The van der Waals surface area contributed by atoms with Crippen molar-refractivity contribution >= 4 is 11.9 Å². The molecule has 0 saturated heterocycles. The van der Waals surface area contributed by atoms with E-state index in [1.165, 1.54) is 0 Å². The van der Waals surface area contributed by atoms with Gasteiger partial charge in [-0.2, -0.15) is 4.98 Å². The molecule has 1 aromatic heterocycles. The Labute approximate surface area is 111 Å². The van der Waals surface area contributed by atoms with Gasteiger partial charge < -0.3 is 14.9 Å². The fourth-order valence-electron chi connectivity index (χ4n) is 1.32. The number of carbonyl (C=O) groups excluding carboxylic acids is 1. The first-order valence-electron chi connectivity index (χ1n) is 6.10. The molecule has 0 radical (unpaired) electrons. The van der Waals surface area contributed by atoms with Crippen molar-refractivity contribution in [3.8, 4) is 0 Å². The lowest BCUT2D eigenvalue weighted by atomic mass is 9.96. The highest BCUT2D eigenvalue weighted by Gasteiger charge is 2.20. The molecule has 7 heteroatoms. The molecule has 106 valence electrons. The van der Waals surface area contributed by atoms with Crippen LogP contribution in [0.3, 0.4) is 0 Å². The van der Waals surface area contributed by atoms with Gasteiger partial charge in [0.2, 0.25) is 11.8 Å². The summed E-state index contributed by atoms with van der Waals surface area (Å²) in [4.78, 5) is 25.8. The highest BCUT2D eigenvalue weighted by atomic mass is 16.5. The van der Waals surface area contributed by atoms with Gasteiger partial charge in [0.15, 0.2) is 5.82 Å². The van der Waals surface area contributed by atoms with Gasteiger partial charge >= 0.3 is 5.97 Å². The van der Waals surface area contributed by atoms with Crippen LogP contribution in [0.4, 0.5) is 0 Å². The molecule has 0 aliphatic carbocycles. The molecular weight excluding hydrogens is 250 g/mol. The molecular formula is C12H19N3O4. The maximum atomic E-state index is 11.3. The maximum absolute atomic E-state index is 11.3. The van der Waals surface area contributed by atoms with E-state index in [9.17, 15) is 9.59 Å². The zero-order valence-electron chi connectivity index (χ0n) is 11.4. The zero-order chi connectivity index (χ0) is 14.5. The number of hydrogen-bond donors (Lipinski definition) is 2. The van der Waals surface area contributed by atoms with Crippen LogP contribution < -0.4 is 5.32 Å². The third-order valence-corrected chi connectivity index (χ3v) is 2.37. The van der Waals surface area contributed by atoms with Crippen LogP contribution in [0.15, 0.2) is 4.52 Å². The van der Waals surface area contributed by atoms with E-state index in [2.05, 4.69) is 15.5 Å². The Morgan fingerprint density at radius 1 is 1.37 bits per heavy atom. The van der Waals surface area contributed by atoms with E-state index in [0.29, 0.717) is 24.6 Å². The quantitative estimate of drug-likeness (QED) is 0.794. The topological polar surface area (TPSA) is 105 Å². The van der Waals surface area contributed by atoms with Crippen molar-refractivity contribution in [1.29, 1.82) is 0 Å². The third-order valence-electron chi connectivity index (χ3n) is 2.37. The van der Waals surface area contributed by atoms with Crippen molar-refractivity contribution in [2.24, 2.45) is 0 Å². The molecule has 1 heterocycles. The van der Waals surface area contributed by atoms with E-state index in [4.69, 9.17) is 9.63 Å². The number of amides is 1. The van der Waals surface area contributed by atoms with Crippen LogP contribution in [0.25, 0.3) is 0 Å². The molecule has 19 heavy (non-hydrogen) atoms. The van der Waals surface area contributed by atoms with E-state index >= 15 is 0 Å². The second-order valence-corrected chi connectivity index (χ2v) is 5.29. The minimum absolute atomic E-state index is 0.166. The fraction of sp³-hybridized carbons (Fsp3) is 0.667. The molecule has 0 aromatic carbocycles. The Morgan fingerprint density at radius 3 is 2.58 bits per heavy atom. The monoisotopic (exact) mass is 269 g/mol. The number of aliphatic carboxylic acids is 1. The van der Waals surface area contributed by atoms with E-state index in [1.54, 1.807) is 0 Å². The lowest BCUT2D eigenvalue weighted by molar-refractivity contribution is -0.137. The number of hydrogen-bond acceptors (Lipinski definition) is 5. The summed E-state index contributed by atoms with van der Waals surface area (Å²) in [6.07, 6.45) is 1.28. The van der Waals surface area contributed by atoms with Crippen LogP contribution >= 0.6 is 0 Å². The SMILES string of the molecule is CC(C)(C)c1noc(CCCC(=O)NCC(=O)O)n1. The van der Waals surface area contributed by atoms with Crippen molar-refractivity contribution in [2.45, 2.75) is 45.4 Å². The summed E-state index contributed by atoms with van der Waals surface area (Å²) in [6.45, 7) is 5.61. The molecule has 0 atom stereocenters. The average Bonchev–Trinajstić information content (AvgIpc) is 2.74. The lowest BCUT2D eigenvalue weighted by Gasteiger charge is -2.10. The van der Waals surface area contributed by atoms with Crippen molar-refractivity contribution in [2.75, 3.05) is 6.54 Å². The molecule has 0 fully saturated rings. The summed E-state index contributed by atoms with van der Waals surface area (Å²) in [6, 6.07) is 0. The first kappa shape index (κ1) is 15.1. The van der Waals surface area contributed by atoms with Gasteiger partial charge in [0.25, 0.3) is 0 Å². The highest BCUT2D eigenvalue weighted by Crippen LogP contribution is 2.18. The smallest absolute Gasteiger partial charge is 0.322 e. The molecule has 1 rings (SSSR count). The molecule has 0 aliphatic heterocycles. The predicted molar refractivity (Wildman–Crippen MR) is 66.6 cm³/mol. The second kappa shape index (κ2) is 6.31. The van der Waals surface area contributed by atoms with Gasteiger partial charge in [0.1, 0.15) is 6.54 Å². The van der Waals surface area contributed by atoms with Crippen molar-refractivity contribution in [3.05, 3.63) is 11.7 Å². The van der Waals surface area contributed by atoms with Gasteiger partial charge in [-0.15, -0.1) is 0 Å². The second-order valence-electron chi connectivity index (χ2n) is 5.29. The summed E-state index contributed by atoms with van der Waals surface area (Å²) in [5, 5.41) is 14.6. The van der Waals surface area contributed by atoms with Gasteiger partial charge in [0, 0.05) is 18.3 Å². The van der Waals surface area contributed by atoms with E-state index < -0.39 is 5.97 Å². The van der Waals surface area contributed by atoms with E-state index in [1.807, 2.05) is 20.8 Å². The molecule has 0 aliphatic rings. The van der Waals surface area contributed by atoms with Crippen LogP contribution in [0, 0.1) is 0 Å². The summed E-state index contributed by atoms with van der Waals surface area (Å²) in [7, 11) is 0. The van der Waals surface area contributed by atoms with Crippen molar-refractivity contribution < 1.29 is 19.2 Å². The minimum Gasteiger partial charge on any atom is -0.480 e. The number of carbonyl (C=O) groups is 2. The number of nitrogens with zero attached hydrogens (tertiary/aromatic N) is 2. The lowest BCUT2D eigenvalue weighted by Crippen LogP contribution is -2.29. The number of aromatic nitrogens is 2. The summed E-state index contributed by atoms with van der Waals surface area (Å²) >= 11 is 0. The fourth-order valence-corrected chi connectivity index (χ4v) is 1.32. The molecule has 0 unspecified atom stereocenters.